The highest BCUT2D eigenvalue weighted by atomic mass is 35.5. The van der Waals surface area contributed by atoms with Gasteiger partial charge in [0.15, 0.2) is 5.17 Å². The Morgan fingerprint density at radius 3 is 2.92 bits per heavy atom. The zero-order valence-corrected chi connectivity index (χ0v) is 8.95. The van der Waals surface area contributed by atoms with Crippen molar-refractivity contribution >= 4 is 35.3 Å². The molecule has 1 atom stereocenters. The molecule has 0 aromatic carbocycles. The van der Waals surface area contributed by atoms with Crippen LogP contribution in [0.2, 0.25) is 0 Å². The second-order valence-electron chi connectivity index (χ2n) is 2.47. The van der Waals surface area contributed by atoms with E-state index >= 15 is 0 Å². The molecule has 76 valence electrons. The average Bonchev–Trinajstić information content (AvgIpc) is 2.51. The van der Waals surface area contributed by atoms with E-state index in [4.69, 9.17) is 5.11 Å². The number of nitrogens with zero attached hydrogens (tertiary/aromatic N) is 1. The first-order valence-electron chi connectivity index (χ1n) is 3.91. The number of carboxylic acid groups (broad SMARTS) is 1. The van der Waals surface area contributed by atoms with E-state index in [-0.39, 0.29) is 17.7 Å². The van der Waals surface area contributed by atoms with Gasteiger partial charge >= 0.3 is 5.97 Å². The molecule has 0 aromatic rings. The number of amidine groups is 1. The Labute approximate surface area is 87.6 Å². The highest BCUT2D eigenvalue weighted by Crippen LogP contribution is 2.16. The predicted molar refractivity (Wildman–Crippen MR) is 56.9 cm³/mol. The number of thioether (sulfide) groups is 1. The lowest BCUT2D eigenvalue weighted by molar-refractivity contribution is -0.136. The molecule has 0 aliphatic carbocycles. The van der Waals surface area contributed by atoms with Gasteiger partial charge in [0.25, 0.3) is 0 Å². The van der Waals surface area contributed by atoms with E-state index in [1.807, 2.05) is 6.92 Å². The maximum absolute atomic E-state index is 10.6. The van der Waals surface area contributed by atoms with Crippen LogP contribution in [-0.4, -0.2) is 34.6 Å². The van der Waals surface area contributed by atoms with E-state index in [2.05, 4.69) is 10.3 Å². The highest BCUT2D eigenvalue weighted by molar-refractivity contribution is 8.14. The second kappa shape index (κ2) is 6.10. The largest absolute Gasteiger partial charge is 0.480 e. The lowest BCUT2D eigenvalue weighted by Gasteiger charge is -2.08. The Hall–Kier alpha value is -0.420. The number of hydrogen-bond donors (Lipinski definition) is 2. The van der Waals surface area contributed by atoms with Crippen LogP contribution < -0.4 is 5.32 Å². The van der Waals surface area contributed by atoms with Crippen molar-refractivity contribution in [2.75, 3.05) is 13.1 Å². The lowest BCUT2D eigenvalue weighted by Crippen LogP contribution is -2.23. The number of nitrogens with one attached hydrogen (secondary N) is 1. The van der Waals surface area contributed by atoms with Gasteiger partial charge in [-0.25, -0.2) is 0 Å². The minimum Gasteiger partial charge on any atom is -0.480 e. The fourth-order valence-corrected chi connectivity index (χ4v) is 1.79. The van der Waals surface area contributed by atoms with Crippen molar-refractivity contribution in [2.45, 2.75) is 18.6 Å². The van der Waals surface area contributed by atoms with Gasteiger partial charge in [-0.1, -0.05) is 18.7 Å². The van der Waals surface area contributed by atoms with Crippen LogP contribution in [-0.2, 0) is 4.79 Å². The maximum atomic E-state index is 10.6. The van der Waals surface area contributed by atoms with Crippen LogP contribution in [0.1, 0.15) is 13.3 Å². The Bertz CT molecular complexity index is 211. The number of rotatable bonds is 3. The zero-order chi connectivity index (χ0) is 8.97. The molecule has 13 heavy (non-hydrogen) atoms. The molecule has 1 unspecified atom stereocenters. The monoisotopic (exact) mass is 224 g/mol. The molecular weight excluding hydrogens is 212 g/mol. The lowest BCUT2D eigenvalue weighted by atomic mass is 10.3. The number of carboxylic acids is 1. The molecule has 0 amide bonds. The maximum Gasteiger partial charge on any atom is 0.317 e. The summed E-state index contributed by atoms with van der Waals surface area (Å²) in [6.07, 6.45) is 0.626. The average molecular weight is 225 g/mol. The highest BCUT2D eigenvalue weighted by Gasteiger charge is 2.19. The molecule has 0 aromatic heterocycles. The molecule has 0 fully saturated rings. The normalized spacial score (nSPS) is 16.8. The van der Waals surface area contributed by atoms with Crippen molar-refractivity contribution in [3.05, 3.63) is 0 Å². The molecule has 4 nitrogen and oxygen atoms in total. The van der Waals surface area contributed by atoms with Crippen molar-refractivity contribution in [2.24, 2.45) is 4.99 Å². The van der Waals surface area contributed by atoms with E-state index in [9.17, 15) is 4.79 Å². The Kier molecular flexibility index (Phi) is 5.90. The van der Waals surface area contributed by atoms with E-state index in [0.29, 0.717) is 6.42 Å². The summed E-state index contributed by atoms with van der Waals surface area (Å²) in [7, 11) is 0. The van der Waals surface area contributed by atoms with E-state index in [0.717, 1.165) is 18.3 Å². The number of aliphatic carboxylic acids is 1. The van der Waals surface area contributed by atoms with Crippen LogP contribution in [0, 0.1) is 0 Å². The van der Waals surface area contributed by atoms with Crippen LogP contribution in [0.4, 0.5) is 0 Å². The van der Waals surface area contributed by atoms with E-state index in [1.165, 1.54) is 11.8 Å². The molecular formula is C7H13ClN2O2S. The third-order valence-corrected chi connectivity index (χ3v) is 2.86. The molecule has 0 saturated heterocycles. The Morgan fingerprint density at radius 1 is 1.85 bits per heavy atom. The summed E-state index contributed by atoms with van der Waals surface area (Å²) in [5.41, 5.74) is 0. The van der Waals surface area contributed by atoms with Crippen LogP contribution in [0.25, 0.3) is 0 Å². The van der Waals surface area contributed by atoms with Crippen LogP contribution in [0.3, 0.4) is 0 Å². The van der Waals surface area contributed by atoms with Gasteiger partial charge in [0, 0.05) is 6.54 Å². The fraction of sp³-hybridized carbons (Fsp3) is 0.714. The Morgan fingerprint density at radius 2 is 2.54 bits per heavy atom. The molecule has 6 heteroatoms. The van der Waals surface area contributed by atoms with Crippen molar-refractivity contribution in [1.82, 2.24) is 5.32 Å². The van der Waals surface area contributed by atoms with Gasteiger partial charge in [0.05, 0.1) is 6.54 Å². The van der Waals surface area contributed by atoms with E-state index < -0.39 is 5.97 Å². The summed E-state index contributed by atoms with van der Waals surface area (Å²) < 4.78 is 0. The molecule has 0 saturated carbocycles. The minimum atomic E-state index is -0.765. The van der Waals surface area contributed by atoms with Gasteiger partial charge < -0.3 is 10.4 Å². The molecule has 1 aliphatic rings. The van der Waals surface area contributed by atoms with E-state index in [1.54, 1.807) is 0 Å². The molecule has 0 spiro atoms. The van der Waals surface area contributed by atoms with Gasteiger partial charge in [0.2, 0.25) is 0 Å². The predicted octanol–water partition coefficient (Wildman–Crippen LogP) is 0.964. The molecule has 2 N–H and O–H groups in total. The SMILES string of the molecule is CCC(SC1=NCCN1)C(=O)O.Cl. The summed E-state index contributed by atoms with van der Waals surface area (Å²) in [5.74, 6) is -0.765. The van der Waals surface area contributed by atoms with Gasteiger partial charge in [-0.2, -0.15) is 0 Å². The van der Waals surface area contributed by atoms with Gasteiger partial charge in [-0.3, -0.25) is 9.79 Å². The standard InChI is InChI=1S/C7H12N2O2S.ClH/c1-2-5(6(10)11)12-7-8-3-4-9-7;/h5H,2-4H2,1H3,(H,8,9)(H,10,11);1H. The fourth-order valence-electron chi connectivity index (χ4n) is 0.898. The summed E-state index contributed by atoms with van der Waals surface area (Å²) in [6, 6.07) is 0. The Balaban J connectivity index is 0.00000144. The van der Waals surface area contributed by atoms with Crippen molar-refractivity contribution in [1.29, 1.82) is 0 Å². The summed E-state index contributed by atoms with van der Waals surface area (Å²) in [6.45, 7) is 3.46. The second-order valence-corrected chi connectivity index (χ2v) is 3.66. The smallest absolute Gasteiger partial charge is 0.317 e. The molecule has 1 aliphatic heterocycles. The molecule has 1 rings (SSSR count). The first-order chi connectivity index (χ1) is 5.74. The topological polar surface area (TPSA) is 61.7 Å². The molecule has 1 heterocycles. The zero-order valence-electron chi connectivity index (χ0n) is 7.32. The summed E-state index contributed by atoms with van der Waals surface area (Å²) in [4.78, 5) is 14.7. The molecule has 0 radical (unpaired) electrons. The minimum absolute atomic E-state index is 0. The number of halogens is 1. The van der Waals surface area contributed by atoms with Crippen molar-refractivity contribution in [3.63, 3.8) is 0 Å². The van der Waals surface area contributed by atoms with Crippen LogP contribution >= 0.6 is 24.2 Å². The number of hydrogen-bond acceptors (Lipinski definition) is 4. The number of aliphatic imine (C=N–C) groups is 1. The van der Waals surface area contributed by atoms with Gasteiger partial charge in [-0.15, -0.1) is 12.4 Å². The van der Waals surface area contributed by atoms with Crippen molar-refractivity contribution in [3.8, 4) is 0 Å². The van der Waals surface area contributed by atoms with Crippen molar-refractivity contribution < 1.29 is 9.90 Å². The van der Waals surface area contributed by atoms with Crippen LogP contribution in [0.5, 0.6) is 0 Å². The third-order valence-electron chi connectivity index (χ3n) is 1.54. The quantitative estimate of drug-likeness (QED) is 0.750. The van der Waals surface area contributed by atoms with Crippen LogP contribution in [0.15, 0.2) is 4.99 Å². The summed E-state index contributed by atoms with van der Waals surface area (Å²) >= 11 is 1.30. The first kappa shape index (κ1) is 12.6. The first-order valence-corrected chi connectivity index (χ1v) is 4.79. The van der Waals surface area contributed by atoms with Gasteiger partial charge in [0.1, 0.15) is 5.25 Å². The number of carbonyl (C=O) groups is 1. The van der Waals surface area contributed by atoms with Gasteiger partial charge in [-0.05, 0) is 6.42 Å². The molecule has 0 bridgehead atoms. The summed E-state index contributed by atoms with van der Waals surface area (Å²) in [5, 5.41) is 12.2. The third kappa shape index (κ3) is 3.87.